The molecule has 7 nitrogen and oxygen atoms in total. The molecule has 0 fully saturated rings. The molecule has 0 aliphatic carbocycles. The van der Waals surface area contributed by atoms with E-state index >= 15 is 0 Å². The SMILES string of the molecule is COc1cc(COC(C=O)CCCCCC(=O)NO)cc(OC)c1. The Morgan fingerprint density at radius 1 is 1.17 bits per heavy atom. The van der Waals surface area contributed by atoms with Gasteiger partial charge in [-0.05, 0) is 30.5 Å². The standard InChI is InChI=1S/C17H25NO6/c1-22-15-8-13(9-16(10-15)23-2)12-24-14(11-19)6-4-3-5-7-17(20)18-21/h8-11,14,21H,3-7,12H2,1-2H3,(H,18,20). The van der Waals surface area contributed by atoms with Crippen LogP contribution in [0, 0.1) is 0 Å². The number of ether oxygens (including phenoxy) is 3. The van der Waals surface area contributed by atoms with Crippen LogP contribution in [0.15, 0.2) is 18.2 Å². The first kappa shape index (κ1) is 19.9. The van der Waals surface area contributed by atoms with Gasteiger partial charge in [0.1, 0.15) is 23.9 Å². The van der Waals surface area contributed by atoms with Crippen LogP contribution in [-0.2, 0) is 20.9 Å². The molecule has 0 saturated carbocycles. The van der Waals surface area contributed by atoms with E-state index in [2.05, 4.69) is 0 Å². The number of hydroxylamine groups is 1. The number of rotatable bonds is 12. The summed E-state index contributed by atoms with van der Waals surface area (Å²) >= 11 is 0. The monoisotopic (exact) mass is 339 g/mol. The van der Waals surface area contributed by atoms with E-state index in [1.54, 1.807) is 25.8 Å². The van der Waals surface area contributed by atoms with E-state index < -0.39 is 12.0 Å². The minimum atomic E-state index is -0.492. The number of hydrogen-bond acceptors (Lipinski definition) is 6. The molecule has 1 atom stereocenters. The Hall–Kier alpha value is -2.12. The molecule has 2 N–H and O–H groups in total. The summed E-state index contributed by atoms with van der Waals surface area (Å²) in [5.74, 6) is 0.931. The van der Waals surface area contributed by atoms with Crippen molar-refractivity contribution < 1.29 is 29.0 Å². The van der Waals surface area contributed by atoms with Crippen molar-refractivity contribution in [3.63, 3.8) is 0 Å². The van der Waals surface area contributed by atoms with E-state index in [9.17, 15) is 9.59 Å². The molecule has 0 saturated heterocycles. The van der Waals surface area contributed by atoms with Gasteiger partial charge in [0.05, 0.1) is 20.8 Å². The van der Waals surface area contributed by atoms with Crippen molar-refractivity contribution in [2.75, 3.05) is 14.2 Å². The van der Waals surface area contributed by atoms with Gasteiger partial charge in [0.2, 0.25) is 5.91 Å². The molecule has 7 heteroatoms. The van der Waals surface area contributed by atoms with Gasteiger partial charge in [-0.3, -0.25) is 10.0 Å². The van der Waals surface area contributed by atoms with Crippen LogP contribution in [0.4, 0.5) is 0 Å². The number of benzene rings is 1. The van der Waals surface area contributed by atoms with Crippen molar-refractivity contribution in [2.45, 2.75) is 44.8 Å². The third kappa shape index (κ3) is 7.43. The summed E-state index contributed by atoms with van der Waals surface area (Å²) in [7, 11) is 3.15. The Bertz CT molecular complexity index is 498. The molecule has 1 aromatic rings. The molecular formula is C17H25NO6. The van der Waals surface area contributed by atoms with Gasteiger partial charge in [-0.1, -0.05) is 12.8 Å². The highest BCUT2D eigenvalue weighted by Crippen LogP contribution is 2.23. The van der Waals surface area contributed by atoms with E-state index in [1.165, 1.54) is 0 Å². The molecule has 0 bridgehead atoms. The molecule has 0 radical (unpaired) electrons. The number of unbranched alkanes of at least 4 members (excludes halogenated alkanes) is 2. The van der Waals surface area contributed by atoms with Gasteiger partial charge in [-0.25, -0.2) is 5.48 Å². The van der Waals surface area contributed by atoms with Crippen LogP contribution in [0.1, 0.15) is 37.7 Å². The molecule has 1 amide bonds. The molecule has 0 aliphatic heterocycles. The number of amides is 1. The lowest BCUT2D eigenvalue weighted by Crippen LogP contribution is -2.18. The molecule has 0 heterocycles. The van der Waals surface area contributed by atoms with E-state index in [4.69, 9.17) is 19.4 Å². The fourth-order valence-corrected chi connectivity index (χ4v) is 2.21. The summed E-state index contributed by atoms with van der Waals surface area (Å²) in [5.41, 5.74) is 2.45. The largest absolute Gasteiger partial charge is 0.497 e. The Balaban J connectivity index is 2.38. The topological polar surface area (TPSA) is 94.1 Å². The van der Waals surface area contributed by atoms with Crippen LogP contribution in [-0.4, -0.2) is 37.7 Å². The van der Waals surface area contributed by atoms with E-state index in [0.717, 1.165) is 24.7 Å². The lowest BCUT2D eigenvalue weighted by molar-refractivity contribution is -0.129. The summed E-state index contributed by atoms with van der Waals surface area (Å²) < 4.78 is 16.0. The highest BCUT2D eigenvalue weighted by molar-refractivity contribution is 5.74. The summed E-state index contributed by atoms with van der Waals surface area (Å²) in [4.78, 5) is 22.0. The van der Waals surface area contributed by atoms with Crippen LogP contribution in [0.25, 0.3) is 0 Å². The number of carbonyl (C=O) groups is 2. The molecule has 0 spiro atoms. The zero-order valence-electron chi connectivity index (χ0n) is 14.1. The maximum Gasteiger partial charge on any atom is 0.243 e. The highest BCUT2D eigenvalue weighted by Gasteiger charge is 2.10. The Kier molecular flexibility index (Phi) is 9.48. The zero-order valence-corrected chi connectivity index (χ0v) is 14.1. The van der Waals surface area contributed by atoms with Gasteiger partial charge in [-0.2, -0.15) is 0 Å². The second-order valence-electron chi connectivity index (χ2n) is 5.34. The fourth-order valence-electron chi connectivity index (χ4n) is 2.21. The number of hydrogen-bond donors (Lipinski definition) is 2. The van der Waals surface area contributed by atoms with Crippen LogP contribution < -0.4 is 15.0 Å². The molecule has 1 rings (SSSR count). The first-order valence-electron chi connectivity index (χ1n) is 7.84. The number of methoxy groups -OCH3 is 2. The van der Waals surface area contributed by atoms with Crippen molar-refractivity contribution in [1.82, 2.24) is 5.48 Å². The third-order valence-corrected chi connectivity index (χ3v) is 3.54. The maximum absolute atomic E-state index is 11.1. The summed E-state index contributed by atoms with van der Waals surface area (Å²) in [6, 6.07) is 5.43. The molecule has 0 aromatic heterocycles. The third-order valence-electron chi connectivity index (χ3n) is 3.54. The molecule has 134 valence electrons. The molecule has 0 aliphatic rings. The molecule has 1 unspecified atom stereocenters. The van der Waals surface area contributed by atoms with Gasteiger partial charge >= 0.3 is 0 Å². The minimum absolute atomic E-state index is 0.271. The van der Waals surface area contributed by atoms with Gasteiger partial charge < -0.3 is 19.0 Å². The summed E-state index contributed by atoms with van der Waals surface area (Å²) in [6.07, 6.45) is 3.37. The van der Waals surface area contributed by atoms with E-state index in [0.29, 0.717) is 24.3 Å². The molecule has 1 aromatic carbocycles. The normalized spacial score (nSPS) is 11.6. The van der Waals surface area contributed by atoms with Crippen LogP contribution in [0.3, 0.4) is 0 Å². The van der Waals surface area contributed by atoms with Gasteiger partial charge in [0.25, 0.3) is 0 Å². The first-order valence-corrected chi connectivity index (χ1v) is 7.84. The number of carbonyl (C=O) groups excluding carboxylic acids is 2. The molecular weight excluding hydrogens is 314 g/mol. The Morgan fingerprint density at radius 2 is 1.83 bits per heavy atom. The van der Waals surface area contributed by atoms with Gasteiger partial charge in [0, 0.05) is 12.5 Å². The highest BCUT2D eigenvalue weighted by atomic mass is 16.5. The lowest BCUT2D eigenvalue weighted by Gasteiger charge is -2.13. The molecule has 24 heavy (non-hydrogen) atoms. The Morgan fingerprint density at radius 3 is 2.38 bits per heavy atom. The van der Waals surface area contributed by atoms with Crippen LogP contribution in [0.5, 0.6) is 11.5 Å². The number of aldehydes is 1. The van der Waals surface area contributed by atoms with Crippen molar-refractivity contribution >= 4 is 12.2 Å². The van der Waals surface area contributed by atoms with E-state index in [-0.39, 0.29) is 13.0 Å². The predicted octanol–water partition coefficient (Wildman–Crippen LogP) is 2.24. The zero-order chi connectivity index (χ0) is 17.8. The summed E-state index contributed by atoms with van der Waals surface area (Å²) in [6.45, 7) is 0.282. The van der Waals surface area contributed by atoms with Crippen molar-refractivity contribution in [1.29, 1.82) is 0 Å². The second kappa shape index (κ2) is 11.4. The van der Waals surface area contributed by atoms with Crippen molar-refractivity contribution in [2.24, 2.45) is 0 Å². The maximum atomic E-state index is 11.1. The van der Waals surface area contributed by atoms with Gasteiger partial charge in [-0.15, -0.1) is 0 Å². The predicted molar refractivity (Wildman–Crippen MR) is 87.2 cm³/mol. The first-order chi connectivity index (χ1) is 11.6. The quantitative estimate of drug-likeness (QED) is 0.262. The van der Waals surface area contributed by atoms with Crippen molar-refractivity contribution in [3.8, 4) is 11.5 Å². The van der Waals surface area contributed by atoms with Gasteiger partial charge in [0.15, 0.2) is 0 Å². The smallest absolute Gasteiger partial charge is 0.243 e. The van der Waals surface area contributed by atoms with E-state index in [1.807, 2.05) is 12.1 Å². The average molecular weight is 339 g/mol. The lowest BCUT2D eigenvalue weighted by atomic mass is 10.1. The Labute approximate surface area is 141 Å². The second-order valence-corrected chi connectivity index (χ2v) is 5.34. The summed E-state index contributed by atoms with van der Waals surface area (Å²) in [5, 5.41) is 8.39. The minimum Gasteiger partial charge on any atom is -0.497 e. The van der Waals surface area contributed by atoms with Crippen molar-refractivity contribution in [3.05, 3.63) is 23.8 Å². The number of nitrogens with one attached hydrogen (secondary N) is 1. The van der Waals surface area contributed by atoms with Crippen LogP contribution >= 0.6 is 0 Å². The van der Waals surface area contributed by atoms with Crippen LogP contribution in [0.2, 0.25) is 0 Å². The fraction of sp³-hybridized carbons (Fsp3) is 0.529. The average Bonchev–Trinajstić information content (AvgIpc) is 2.63.